The number of carbonyl (C=O) groups excluding carboxylic acids is 3. The monoisotopic (exact) mass is 657 g/mol. The number of imidazole rings is 1. The molecule has 3 aromatic rings. The molecule has 0 bridgehead atoms. The third-order valence-electron chi connectivity index (χ3n) is 7.22. The summed E-state index contributed by atoms with van der Waals surface area (Å²) in [4.78, 5) is 45.0. The molecule has 15 heteroatoms. The van der Waals surface area contributed by atoms with Crippen LogP contribution in [0.4, 0.5) is 15.1 Å². The second-order valence-electron chi connectivity index (χ2n) is 11.9. The molecule has 47 heavy (non-hydrogen) atoms. The lowest BCUT2D eigenvalue weighted by atomic mass is 10.2. The molecule has 1 aliphatic heterocycles. The minimum Gasteiger partial charge on any atom is -0.491 e. The Hall–Kier alpha value is -4.50. The van der Waals surface area contributed by atoms with Crippen LogP contribution in [0, 0.1) is 12.7 Å². The number of alkyl carbamates (subject to hydrolysis) is 1. The molecule has 2 N–H and O–H groups in total. The highest BCUT2D eigenvalue weighted by Gasteiger charge is 2.25. The molecule has 0 aliphatic carbocycles. The number of ether oxygens (including phenoxy) is 4. The van der Waals surface area contributed by atoms with E-state index in [-0.39, 0.29) is 42.5 Å². The molecule has 3 heterocycles. The van der Waals surface area contributed by atoms with Gasteiger partial charge in [0.2, 0.25) is 5.95 Å². The number of allylic oxidation sites excluding steroid dienone is 1. The number of carbonyl (C=O) groups is 3. The van der Waals surface area contributed by atoms with E-state index in [4.69, 9.17) is 18.9 Å². The van der Waals surface area contributed by atoms with Gasteiger partial charge in [-0.15, -0.1) is 0 Å². The van der Waals surface area contributed by atoms with Gasteiger partial charge in [0.05, 0.1) is 43.7 Å². The van der Waals surface area contributed by atoms with E-state index in [2.05, 4.69) is 25.6 Å². The first-order chi connectivity index (χ1) is 22.4. The number of morpholine rings is 1. The van der Waals surface area contributed by atoms with Crippen LogP contribution in [0.15, 0.2) is 24.3 Å². The van der Waals surface area contributed by atoms with Crippen molar-refractivity contribution in [2.45, 2.75) is 59.7 Å². The summed E-state index contributed by atoms with van der Waals surface area (Å²) in [6, 6.07) is 3.12. The first-order valence-electron chi connectivity index (χ1n) is 15.6. The lowest BCUT2D eigenvalue weighted by molar-refractivity contribution is 0.0358. The molecule has 1 aromatic carbocycles. The zero-order chi connectivity index (χ0) is 34.1. The molecule has 14 nitrogen and oxygen atoms in total. The number of nitrogens with zero attached hydrogens (tertiary/aromatic N) is 5. The number of nitrogens with one attached hydrogen (secondary N) is 2. The fraction of sp³-hybridized carbons (Fsp3) is 0.531. The van der Waals surface area contributed by atoms with Crippen molar-refractivity contribution in [2.24, 2.45) is 0 Å². The minimum absolute atomic E-state index is 0.0934. The number of amides is 2. The van der Waals surface area contributed by atoms with Crippen molar-refractivity contribution < 1.29 is 37.7 Å². The summed E-state index contributed by atoms with van der Waals surface area (Å²) in [5, 5.41) is 9.50. The van der Waals surface area contributed by atoms with E-state index in [0.29, 0.717) is 36.6 Å². The quantitative estimate of drug-likeness (QED) is 0.157. The van der Waals surface area contributed by atoms with Crippen LogP contribution >= 0.6 is 0 Å². The predicted molar refractivity (Wildman–Crippen MR) is 172 cm³/mol. The van der Waals surface area contributed by atoms with Gasteiger partial charge in [0.15, 0.2) is 11.5 Å². The average molecular weight is 658 g/mol. The van der Waals surface area contributed by atoms with Crippen LogP contribution in [0.5, 0.6) is 5.75 Å². The number of halogens is 1. The number of fused-ring (bicyclic) bond motifs is 1. The second kappa shape index (κ2) is 15.9. The zero-order valence-corrected chi connectivity index (χ0v) is 27.9. The van der Waals surface area contributed by atoms with Gasteiger partial charge in [-0.1, -0.05) is 12.2 Å². The van der Waals surface area contributed by atoms with Gasteiger partial charge in [0, 0.05) is 39.3 Å². The maximum atomic E-state index is 15.0. The lowest BCUT2D eigenvalue weighted by Crippen LogP contribution is -2.37. The van der Waals surface area contributed by atoms with Gasteiger partial charge in [-0.05, 0) is 53.2 Å². The maximum absolute atomic E-state index is 15.0. The molecule has 0 spiro atoms. The first-order valence-corrected chi connectivity index (χ1v) is 15.6. The maximum Gasteiger partial charge on any atom is 0.407 e. The van der Waals surface area contributed by atoms with Crippen molar-refractivity contribution in [1.29, 1.82) is 0 Å². The Morgan fingerprint density at radius 1 is 1.15 bits per heavy atom. The predicted octanol–water partition coefficient (Wildman–Crippen LogP) is 3.92. The zero-order valence-electron chi connectivity index (χ0n) is 27.9. The average Bonchev–Trinajstić information content (AvgIpc) is 3.53. The fourth-order valence-electron chi connectivity index (χ4n) is 5.03. The number of esters is 1. The molecule has 0 radical (unpaired) electrons. The van der Waals surface area contributed by atoms with Gasteiger partial charge in [0.1, 0.15) is 16.9 Å². The van der Waals surface area contributed by atoms with Gasteiger partial charge in [-0.2, -0.15) is 5.10 Å². The van der Waals surface area contributed by atoms with Gasteiger partial charge in [0.25, 0.3) is 5.91 Å². The molecule has 0 unspecified atom stereocenters. The first kappa shape index (κ1) is 35.4. The highest BCUT2D eigenvalue weighted by Crippen LogP contribution is 2.32. The van der Waals surface area contributed by atoms with Crippen LogP contribution in [0.1, 0.15) is 60.7 Å². The van der Waals surface area contributed by atoms with Gasteiger partial charge in [-0.3, -0.25) is 19.7 Å². The smallest absolute Gasteiger partial charge is 0.407 e. The molecule has 256 valence electrons. The summed E-state index contributed by atoms with van der Waals surface area (Å²) >= 11 is 0. The topological polar surface area (TPSA) is 151 Å². The Morgan fingerprint density at radius 2 is 1.89 bits per heavy atom. The fourth-order valence-corrected chi connectivity index (χ4v) is 5.03. The highest BCUT2D eigenvalue weighted by atomic mass is 19.1. The number of hydrogen-bond donors (Lipinski definition) is 2. The van der Waals surface area contributed by atoms with E-state index in [1.807, 2.05) is 0 Å². The van der Waals surface area contributed by atoms with Gasteiger partial charge < -0.3 is 28.8 Å². The van der Waals surface area contributed by atoms with Crippen LogP contribution < -0.4 is 15.4 Å². The molecule has 2 aromatic heterocycles. The molecule has 1 fully saturated rings. The van der Waals surface area contributed by atoms with E-state index >= 15 is 0 Å². The standard InChI is InChI=1S/C32H44FN7O7/c1-7-40-27(25(33)21(2)37-40)28(41)36-30-35-23-19-22(29(42)44-6)20-24(46-16-10-12-38-14-17-45-18-15-38)26(23)39(30)13-9-8-11-34-31(43)47-32(3,4)5/h8-9,19-20H,7,10-18H2,1-6H3,(H,34,43)(H,35,36,41). The molecule has 1 saturated heterocycles. The Labute approximate surface area is 273 Å². The van der Waals surface area contributed by atoms with Gasteiger partial charge in [-0.25, -0.2) is 19.0 Å². The van der Waals surface area contributed by atoms with Crippen molar-refractivity contribution in [1.82, 2.24) is 29.5 Å². The van der Waals surface area contributed by atoms with E-state index in [1.165, 1.54) is 18.7 Å². The third-order valence-corrected chi connectivity index (χ3v) is 7.22. The molecule has 0 saturated carbocycles. The molecule has 4 rings (SSSR count). The number of rotatable bonds is 13. The number of hydrogen-bond acceptors (Lipinski definition) is 10. The van der Waals surface area contributed by atoms with Crippen molar-refractivity contribution in [3.05, 3.63) is 47.1 Å². The number of benzene rings is 1. The lowest BCUT2D eigenvalue weighted by Gasteiger charge is -2.26. The second-order valence-corrected chi connectivity index (χ2v) is 11.9. The van der Waals surface area contributed by atoms with Gasteiger partial charge >= 0.3 is 12.1 Å². The van der Waals surface area contributed by atoms with Crippen molar-refractivity contribution in [3.63, 3.8) is 0 Å². The minimum atomic E-state index is -0.738. The van der Waals surface area contributed by atoms with E-state index in [1.54, 1.807) is 56.5 Å². The van der Waals surface area contributed by atoms with Crippen LogP contribution in [-0.2, 0) is 27.3 Å². The molecular formula is C32H44FN7O7. The normalized spacial score (nSPS) is 14.0. The number of aromatic nitrogens is 4. The Balaban J connectivity index is 1.66. The SMILES string of the molecule is CCn1nc(C)c(F)c1C(=O)Nc1nc2cc(C(=O)OC)cc(OCCCN3CCOCC3)c2n1CC=CCNC(=O)OC(C)(C)C. The van der Waals surface area contributed by atoms with Crippen LogP contribution in [0.2, 0.25) is 0 Å². The summed E-state index contributed by atoms with van der Waals surface area (Å²) < 4.78 is 39.8. The van der Waals surface area contributed by atoms with Crippen molar-refractivity contribution >= 4 is 35.0 Å². The molecular weight excluding hydrogens is 613 g/mol. The van der Waals surface area contributed by atoms with Crippen LogP contribution in [0.3, 0.4) is 0 Å². The number of anilines is 1. The van der Waals surface area contributed by atoms with Crippen molar-refractivity contribution in [2.75, 3.05) is 58.4 Å². The van der Waals surface area contributed by atoms with E-state index < -0.39 is 29.4 Å². The molecule has 1 aliphatic rings. The summed E-state index contributed by atoms with van der Waals surface area (Å²) in [7, 11) is 1.28. The number of aryl methyl sites for hydroxylation is 2. The van der Waals surface area contributed by atoms with Crippen LogP contribution in [0.25, 0.3) is 11.0 Å². The highest BCUT2D eigenvalue weighted by molar-refractivity contribution is 6.04. The van der Waals surface area contributed by atoms with E-state index in [0.717, 1.165) is 26.1 Å². The molecule has 0 atom stereocenters. The van der Waals surface area contributed by atoms with Crippen LogP contribution in [-0.4, -0.2) is 101 Å². The Bertz CT molecular complexity index is 1600. The third kappa shape index (κ3) is 9.29. The van der Waals surface area contributed by atoms with E-state index in [9.17, 15) is 18.8 Å². The van der Waals surface area contributed by atoms with Crippen molar-refractivity contribution in [3.8, 4) is 5.75 Å². The largest absolute Gasteiger partial charge is 0.491 e. The number of methoxy groups -OCH3 is 1. The summed E-state index contributed by atoms with van der Waals surface area (Å²) in [6.07, 6.45) is 3.65. The summed E-state index contributed by atoms with van der Waals surface area (Å²) in [5.41, 5.74) is 0.311. The summed E-state index contributed by atoms with van der Waals surface area (Å²) in [5.74, 6) is -1.59. The Morgan fingerprint density at radius 3 is 2.57 bits per heavy atom. The Kier molecular flexibility index (Phi) is 11.9. The summed E-state index contributed by atoms with van der Waals surface area (Å²) in [6.45, 7) is 13.5. The molecule has 2 amide bonds.